The summed E-state index contributed by atoms with van der Waals surface area (Å²) in [5, 5.41) is 11.2. The lowest BCUT2D eigenvalue weighted by molar-refractivity contribution is -0.914. The molecule has 4 nitrogen and oxygen atoms in total. The van der Waals surface area contributed by atoms with Gasteiger partial charge in [0.05, 0.1) is 32.1 Å². The molecule has 1 saturated heterocycles. The molecule has 1 heterocycles. The maximum absolute atomic E-state index is 13.7. The summed E-state index contributed by atoms with van der Waals surface area (Å²) in [7, 11) is 0. The van der Waals surface area contributed by atoms with E-state index in [9.17, 15) is 14.3 Å². The smallest absolute Gasteiger partial charge is 0.132 e. The molecule has 1 aliphatic rings. The second-order valence-electron chi connectivity index (χ2n) is 5.81. The van der Waals surface area contributed by atoms with Crippen molar-refractivity contribution in [1.29, 1.82) is 0 Å². The molecular weight excluding hydrogens is 295 g/mol. The van der Waals surface area contributed by atoms with Gasteiger partial charge in [-0.25, -0.2) is 4.39 Å². The molecule has 1 N–H and O–H groups in total. The average molecular weight is 314 g/mol. The van der Waals surface area contributed by atoms with Crippen LogP contribution in [0.3, 0.4) is 0 Å². The zero-order valence-corrected chi connectivity index (χ0v) is 12.8. The molecule has 5 heteroatoms. The minimum absolute atomic E-state index is 0.162. The molecule has 23 heavy (non-hydrogen) atoms. The molecule has 0 radical (unpaired) electrons. The number of piperazine rings is 1. The second kappa shape index (κ2) is 6.79. The highest BCUT2D eigenvalue weighted by atomic mass is 19.1. The zero-order chi connectivity index (χ0) is 16.2. The Morgan fingerprint density at radius 1 is 1.09 bits per heavy atom. The van der Waals surface area contributed by atoms with Crippen molar-refractivity contribution in [3.8, 4) is 0 Å². The van der Waals surface area contributed by atoms with Gasteiger partial charge in [-0.15, -0.1) is 0 Å². The fourth-order valence-electron chi connectivity index (χ4n) is 3.07. The zero-order valence-electron chi connectivity index (χ0n) is 12.8. The van der Waals surface area contributed by atoms with E-state index in [4.69, 9.17) is 0 Å². The maximum atomic E-state index is 13.7. The molecule has 2 aromatic rings. The highest BCUT2D eigenvalue weighted by Gasteiger charge is 2.22. The van der Waals surface area contributed by atoms with Gasteiger partial charge in [-0.2, -0.15) is 0 Å². The normalized spacial score (nSPS) is 15.6. The SMILES string of the molecule is O=C([O-])c1ccccc1N1CC[NH+](Cc2ccccc2F)CC1. The number of anilines is 1. The van der Waals surface area contributed by atoms with E-state index in [2.05, 4.69) is 4.90 Å². The summed E-state index contributed by atoms with van der Waals surface area (Å²) in [6.45, 7) is 3.83. The number of carboxylic acid groups (broad SMARTS) is 1. The van der Waals surface area contributed by atoms with Crippen LogP contribution >= 0.6 is 0 Å². The van der Waals surface area contributed by atoms with Crippen molar-refractivity contribution in [2.75, 3.05) is 31.1 Å². The molecule has 0 spiro atoms. The Balaban J connectivity index is 1.65. The van der Waals surface area contributed by atoms with Crippen LogP contribution in [0, 0.1) is 5.82 Å². The van der Waals surface area contributed by atoms with Crippen LogP contribution in [0.15, 0.2) is 48.5 Å². The maximum Gasteiger partial charge on any atom is 0.132 e. The summed E-state index contributed by atoms with van der Waals surface area (Å²) in [6.07, 6.45) is 0. The second-order valence-corrected chi connectivity index (χ2v) is 5.81. The molecule has 0 aliphatic carbocycles. The van der Waals surface area contributed by atoms with Crippen LogP contribution in [-0.2, 0) is 6.54 Å². The third-order valence-corrected chi connectivity index (χ3v) is 4.33. The summed E-state index contributed by atoms with van der Waals surface area (Å²) in [5.41, 5.74) is 1.66. The number of hydrogen-bond acceptors (Lipinski definition) is 3. The van der Waals surface area contributed by atoms with Crippen molar-refractivity contribution in [3.63, 3.8) is 0 Å². The number of nitrogens with zero attached hydrogens (tertiary/aromatic N) is 1. The van der Waals surface area contributed by atoms with E-state index < -0.39 is 5.97 Å². The number of nitrogens with one attached hydrogen (secondary N) is 1. The van der Waals surface area contributed by atoms with Gasteiger partial charge in [-0.05, 0) is 12.1 Å². The number of carbonyl (C=O) groups excluding carboxylic acids is 1. The van der Waals surface area contributed by atoms with Crippen LogP contribution in [0.25, 0.3) is 0 Å². The number of benzene rings is 2. The molecule has 2 aromatic carbocycles. The van der Waals surface area contributed by atoms with Gasteiger partial charge in [0.15, 0.2) is 0 Å². The Morgan fingerprint density at radius 2 is 1.74 bits per heavy atom. The van der Waals surface area contributed by atoms with Gasteiger partial charge in [0.25, 0.3) is 0 Å². The van der Waals surface area contributed by atoms with Crippen LogP contribution in [0.2, 0.25) is 0 Å². The molecule has 0 bridgehead atoms. The third-order valence-electron chi connectivity index (χ3n) is 4.33. The first kappa shape index (κ1) is 15.5. The minimum Gasteiger partial charge on any atom is -0.545 e. The number of carbonyl (C=O) groups is 1. The average Bonchev–Trinajstić information content (AvgIpc) is 2.58. The first-order valence-corrected chi connectivity index (χ1v) is 7.77. The largest absolute Gasteiger partial charge is 0.545 e. The Kier molecular flexibility index (Phi) is 4.57. The Hall–Kier alpha value is -2.40. The molecule has 0 amide bonds. The van der Waals surface area contributed by atoms with E-state index >= 15 is 0 Å². The highest BCUT2D eigenvalue weighted by molar-refractivity contribution is 5.93. The standard InChI is InChI=1S/C18H19FN2O2/c19-16-7-3-1-5-14(16)13-20-9-11-21(12-10-20)17-8-4-2-6-15(17)18(22)23/h1-8H,9-13H2,(H,22,23). The van der Waals surface area contributed by atoms with Crippen molar-refractivity contribution in [2.45, 2.75) is 6.54 Å². The molecule has 1 fully saturated rings. The van der Waals surface area contributed by atoms with Crippen molar-refractivity contribution in [3.05, 3.63) is 65.5 Å². The van der Waals surface area contributed by atoms with E-state index in [0.717, 1.165) is 31.7 Å². The number of halogens is 1. The summed E-state index contributed by atoms with van der Waals surface area (Å²) >= 11 is 0. The van der Waals surface area contributed by atoms with Crippen molar-refractivity contribution >= 4 is 11.7 Å². The first-order chi connectivity index (χ1) is 11.1. The van der Waals surface area contributed by atoms with Crippen LogP contribution in [0.1, 0.15) is 15.9 Å². The topological polar surface area (TPSA) is 47.8 Å². The molecule has 0 unspecified atom stereocenters. The number of hydrogen-bond donors (Lipinski definition) is 1. The minimum atomic E-state index is -1.15. The number of quaternary nitrogens is 1. The summed E-state index contributed by atoms with van der Waals surface area (Å²) in [5.74, 6) is -1.31. The molecule has 0 atom stereocenters. The lowest BCUT2D eigenvalue weighted by Crippen LogP contribution is -3.13. The highest BCUT2D eigenvalue weighted by Crippen LogP contribution is 2.19. The van der Waals surface area contributed by atoms with E-state index in [1.807, 2.05) is 24.3 Å². The van der Waals surface area contributed by atoms with Gasteiger partial charge in [0.1, 0.15) is 12.4 Å². The van der Waals surface area contributed by atoms with Gasteiger partial charge in [0, 0.05) is 16.8 Å². The molecule has 120 valence electrons. The Bertz CT molecular complexity index is 697. The first-order valence-electron chi connectivity index (χ1n) is 7.77. The molecule has 3 rings (SSSR count). The van der Waals surface area contributed by atoms with Crippen molar-refractivity contribution < 1.29 is 19.2 Å². The predicted octanol–water partition coefficient (Wildman–Crippen LogP) is 0.0943. The third kappa shape index (κ3) is 3.51. The quantitative estimate of drug-likeness (QED) is 0.870. The van der Waals surface area contributed by atoms with Gasteiger partial charge in [-0.3, -0.25) is 0 Å². The van der Waals surface area contributed by atoms with Gasteiger partial charge >= 0.3 is 0 Å². The van der Waals surface area contributed by atoms with E-state index in [0.29, 0.717) is 12.2 Å². The van der Waals surface area contributed by atoms with Crippen LogP contribution in [-0.4, -0.2) is 32.1 Å². The van der Waals surface area contributed by atoms with Gasteiger partial charge in [-0.1, -0.05) is 36.4 Å². The Labute approximate surface area is 134 Å². The van der Waals surface area contributed by atoms with E-state index in [-0.39, 0.29) is 11.4 Å². The predicted molar refractivity (Wildman–Crippen MR) is 83.8 cm³/mol. The fraction of sp³-hybridized carbons (Fsp3) is 0.278. The lowest BCUT2D eigenvalue weighted by Gasteiger charge is -2.34. The van der Waals surface area contributed by atoms with Crippen molar-refractivity contribution in [2.24, 2.45) is 0 Å². The van der Waals surface area contributed by atoms with E-state index in [1.54, 1.807) is 18.2 Å². The van der Waals surface area contributed by atoms with Crippen molar-refractivity contribution in [1.82, 2.24) is 0 Å². The van der Waals surface area contributed by atoms with Gasteiger partial charge in [0.2, 0.25) is 0 Å². The van der Waals surface area contributed by atoms with Gasteiger partial charge < -0.3 is 19.7 Å². The fourth-order valence-corrected chi connectivity index (χ4v) is 3.07. The number of para-hydroxylation sites is 1. The molecule has 0 aromatic heterocycles. The summed E-state index contributed by atoms with van der Waals surface area (Å²) in [4.78, 5) is 14.6. The van der Waals surface area contributed by atoms with Crippen LogP contribution < -0.4 is 14.9 Å². The summed E-state index contributed by atoms with van der Waals surface area (Å²) in [6, 6.07) is 13.8. The number of rotatable bonds is 4. The monoisotopic (exact) mass is 314 g/mol. The summed E-state index contributed by atoms with van der Waals surface area (Å²) < 4.78 is 13.7. The number of carboxylic acids is 1. The van der Waals surface area contributed by atoms with E-state index in [1.165, 1.54) is 11.0 Å². The molecule has 1 aliphatic heterocycles. The lowest BCUT2D eigenvalue weighted by atomic mass is 10.1. The van der Waals surface area contributed by atoms with Crippen LogP contribution in [0.4, 0.5) is 10.1 Å². The molecule has 0 saturated carbocycles. The Morgan fingerprint density at radius 3 is 2.43 bits per heavy atom. The number of aromatic carboxylic acids is 1. The van der Waals surface area contributed by atoms with Crippen LogP contribution in [0.5, 0.6) is 0 Å². The molecular formula is C18H19FN2O2.